The van der Waals surface area contributed by atoms with Gasteiger partial charge in [-0.05, 0) is 55.0 Å². The van der Waals surface area contributed by atoms with E-state index in [9.17, 15) is 9.18 Å². The molecular formula is C20H26FN3O. The normalized spacial score (nSPS) is 11.9. The van der Waals surface area contributed by atoms with E-state index in [2.05, 4.69) is 5.32 Å². The molecule has 0 aliphatic rings. The van der Waals surface area contributed by atoms with Gasteiger partial charge in [-0.2, -0.15) is 0 Å². The maximum Gasteiger partial charge on any atom is 0.218 e. The zero-order valence-corrected chi connectivity index (χ0v) is 14.4. The summed E-state index contributed by atoms with van der Waals surface area (Å²) < 4.78 is 13.5. The number of unbranched alkanes of at least 4 members (excludes halogenated alkanes) is 1. The van der Waals surface area contributed by atoms with Crippen molar-refractivity contribution in [1.82, 2.24) is 0 Å². The topological polar surface area (TPSA) is 81.1 Å². The second kappa shape index (κ2) is 9.79. The lowest BCUT2D eigenvalue weighted by atomic mass is 10.0. The number of anilines is 1. The molecule has 0 saturated heterocycles. The lowest BCUT2D eigenvalue weighted by Crippen LogP contribution is -2.29. The molecule has 4 nitrogen and oxygen atoms in total. The summed E-state index contributed by atoms with van der Waals surface area (Å²) in [6.07, 6.45) is 3.49. The van der Waals surface area contributed by atoms with Crippen LogP contribution < -0.4 is 16.8 Å². The van der Waals surface area contributed by atoms with Crippen LogP contribution in [-0.2, 0) is 17.6 Å². The summed E-state index contributed by atoms with van der Waals surface area (Å²) in [6.45, 7) is 0.842. The summed E-state index contributed by atoms with van der Waals surface area (Å²) in [5.41, 5.74) is 13.9. The zero-order chi connectivity index (χ0) is 18.1. The Morgan fingerprint density at radius 3 is 2.48 bits per heavy atom. The molecule has 2 aromatic carbocycles. The van der Waals surface area contributed by atoms with Gasteiger partial charge in [0.05, 0.1) is 0 Å². The number of primary amides is 1. The number of benzene rings is 2. The van der Waals surface area contributed by atoms with E-state index in [4.69, 9.17) is 11.5 Å². The van der Waals surface area contributed by atoms with Crippen molar-refractivity contribution in [3.63, 3.8) is 0 Å². The fourth-order valence-corrected chi connectivity index (χ4v) is 2.77. The van der Waals surface area contributed by atoms with E-state index >= 15 is 0 Å². The molecule has 1 amide bonds. The quantitative estimate of drug-likeness (QED) is 0.580. The highest BCUT2D eigenvalue weighted by molar-refractivity contribution is 5.74. The fraction of sp³-hybridized carbons (Fsp3) is 0.350. The molecule has 0 saturated carbocycles. The Morgan fingerprint density at radius 2 is 1.80 bits per heavy atom. The van der Waals surface area contributed by atoms with Crippen LogP contribution in [0.2, 0.25) is 0 Å². The second-order valence-corrected chi connectivity index (χ2v) is 6.31. The number of nitrogens with two attached hydrogens (primary N) is 2. The number of carbonyl (C=O) groups excluding carboxylic acids is 1. The molecule has 0 heterocycles. The zero-order valence-electron chi connectivity index (χ0n) is 14.4. The van der Waals surface area contributed by atoms with Crippen molar-refractivity contribution in [2.45, 2.75) is 38.1 Å². The first-order valence-corrected chi connectivity index (χ1v) is 8.64. The highest BCUT2D eigenvalue weighted by atomic mass is 19.1. The molecule has 1 atom stereocenters. The van der Waals surface area contributed by atoms with Crippen molar-refractivity contribution in [2.24, 2.45) is 11.5 Å². The lowest BCUT2D eigenvalue weighted by Gasteiger charge is -2.11. The largest absolute Gasteiger partial charge is 0.385 e. The molecule has 0 aliphatic carbocycles. The summed E-state index contributed by atoms with van der Waals surface area (Å²) in [4.78, 5) is 10.8. The van der Waals surface area contributed by atoms with E-state index in [1.165, 1.54) is 6.07 Å². The van der Waals surface area contributed by atoms with Gasteiger partial charge >= 0.3 is 0 Å². The van der Waals surface area contributed by atoms with Crippen LogP contribution in [0.3, 0.4) is 0 Å². The SMILES string of the molecule is NC(=O)CC(N)Cc1ccc(NCCCCc2ccccc2F)cc1. The van der Waals surface area contributed by atoms with E-state index in [0.717, 1.165) is 42.6 Å². The van der Waals surface area contributed by atoms with E-state index in [1.807, 2.05) is 36.4 Å². The van der Waals surface area contributed by atoms with Crippen molar-refractivity contribution in [2.75, 3.05) is 11.9 Å². The predicted octanol–water partition coefficient (Wildman–Crippen LogP) is 3.01. The molecule has 134 valence electrons. The molecule has 0 bridgehead atoms. The Kier molecular flexibility index (Phi) is 7.41. The maximum absolute atomic E-state index is 13.5. The van der Waals surface area contributed by atoms with Gasteiger partial charge in [0.1, 0.15) is 5.82 Å². The summed E-state index contributed by atoms with van der Waals surface area (Å²) >= 11 is 0. The first-order valence-electron chi connectivity index (χ1n) is 8.64. The smallest absolute Gasteiger partial charge is 0.218 e. The standard InChI is InChI=1S/C20H26FN3O/c21-19-7-2-1-5-16(19)6-3-4-12-24-18-10-8-15(9-11-18)13-17(22)14-20(23)25/h1-2,5,7-11,17,24H,3-4,6,12-14,22H2,(H2,23,25). The fourth-order valence-electron chi connectivity index (χ4n) is 2.77. The third kappa shape index (κ3) is 6.93. The monoisotopic (exact) mass is 343 g/mol. The van der Waals surface area contributed by atoms with Gasteiger partial charge in [-0.15, -0.1) is 0 Å². The van der Waals surface area contributed by atoms with Crippen LogP contribution >= 0.6 is 0 Å². The minimum atomic E-state index is -0.374. The molecule has 0 aliphatic heterocycles. The van der Waals surface area contributed by atoms with Crippen LogP contribution in [-0.4, -0.2) is 18.5 Å². The van der Waals surface area contributed by atoms with E-state index in [0.29, 0.717) is 6.42 Å². The van der Waals surface area contributed by atoms with E-state index in [-0.39, 0.29) is 24.2 Å². The first-order chi connectivity index (χ1) is 12.0. The van der Waals surface area contributed by atoms with Gasteiger partial charge in [0.15, 0.2) is 0 Å². The molecule has 1 unspecified atom stereocenters. The lowest BCUT2D eigenvalue weighted by molar-refractivity contribution is -0.118. The average Bonchev–Trinajstić information content (AvgIpc) is 2.57. The molecule has 2 rings (SSSR count). The molecule has 5 N–H and O–H groups in total. The van der Waals surface area contributed by atoms with Gasteiger partial charge in [-0.1, -0.05) is 30.3 Å². The Hall–Kier alpha value is -2.40. The van der Waals surface area contributed by atoms with Gasteiger partial charge in [-0.3, -0.25) is 4.79 Å². The van der Waals surface area contributed by atoms with Crippen molar-refractivity contribution in [3.05, 3.63) is 65.5 Å². The average molecular weight is 343 g/mol. The highest BCUT2D eigenvalue weighted by Gasteiger charge is 2.07. The second-order valence-electron chi connectivity index (χ2n) is 6.31. The Labute approximate surface area is 148 Å². The summed E-state index contributed by atoms with van der Waals surface area (Å²) in [7, 11) is 0. The van der Waals surface area contributed by atoms with E-state index < -0.39 is 0 Å². The number of amides is 1. The number of rotatable bonds is 10. The Bertz CT molecular complexity index is 673. The van der Waals surface area contributed by atoms with Crippen LogP contribution in [0, 0.1) is 5.82 Å². The van der Waals surface area contributed by atoms with Crippen LogP contribution in [0.25, 0.3) is 0 Å². The van der Waals surface area contributed by atoms with Crippen molar-refractivity contribution in [1.29, 1.82) is 0 Å². The molecule has 0 aromatic heterocycles. The number of hydrogen-bond donors (Lipinski definition) is 3. The first kappa shape index (κ1) is 18.9. The minimum Gasteiger partial charge on any atom is -0.385 e. The van der Waals surface area contributed by atoms with Crippen LogP contribution in [0.15, 0.2) is 48.5 Å². The predicted molar refractivity (Wildman–Crippen MR) is 99.8 cm³/mol. The molecule has 0 fully saturated rings. The summed E-state index contributed by atoms with van der Waals surface area (Å²) in [5.74, 6) is -0.498. The van der Waals surface area contributed by atoms with Crippen molar-refractivity contribution >= 4 is 11.6 Å². The minimum absolute atomic E-state index is 0.124. The Balaban J connectivity index is 1.67. The molecule has 0 radical (unpaired) electrons. The van der Waals surface area contributed by atoms with Gasteiger partial charge in [0.25, 0.3) is 0 Å². The molecule has 25 heavy (non-hydrogen) atoms. The summed E-state index contributed by atoms with van der Waals surface area (Å²) in [5, 5.41) is 3.36. The number of carbonyl (C=O) groups is 1. The number of halogens is 1. The molecular weight excluding hydrogens is 317 g/mol. The number of aryl methyl sites for hydroxylation is 1. The van der Waals surface area contributed by atoms with Gasteiger partial charge in [0.2, 0.25) is 5.91 Å². The number of hydrogen-bond acceptors (Lipinski definition) is 3. The molecule has 0 spiro atoms. The third-order valence-electron chi connectivity index (χ3n) is 4.08. The van der Waals surface area contributed by atoms with E-state index in [1.54, 1.807) is 6.07 Å². The maximum atomic E-state index is 13.5. The van der Waals surface area contributed by atoms with Crippen molar-refractivity contribution in [3.8, 4) is 0 Å². The number of nitrogens with one attached hydrogen (secondary N) is 1. The molecule has 2 aromatic rings. The van der Waals surface area contributed by atoms with Crippen molar-refractivity contribution < 1.29 is 9.18 Å². The van der Waals surface area contributed by atoms with Crippen LogP contribution in [0.1, 0.15) is 30.4 Å². The summed E-state index contributed by atoms with van der Waals surface area (Å²) in [6, 6.07) is 14.7. The third-order valence-corrected chi connectivity index (χ3v) is 4.08. The molecule has 5 heteroatoms. The van der Waals surface area contributed by atoms with Gasteiger partial charge in [-0.25, -0.2) is 4.39 Å². The van der Waals surface area contributed by atoms with Gasteiger partial charge < -0.3 is 16.8 Å². The van der Waals surface area contributed by atoms with Gasteiger partial charge in [0, 0.05) is 24.7 Å². The van der Waals surface area contributed by atoms with Crippen LogP contribution in [0.5, 0.6) is 0 Å². The Morgan fingerprint density at radius 1 is 1.08 bits per heavy atom. The van der Waals surface area contributed by atoms with Crippen LogP contribution in [0.4, 0.5) is 10.1 Å². The highest BCUT2D eigenvalue weighted by Crippen LogP contribution is 2.13.